The van der Waals surface area contributed by atoms with Gasteiger partial charge in [-0.05, 0) is 43.2 Å². The molecule has 0 radical (unpaired) electrons. The molecule has 0 fully saturated rings. The van der Waals surface area contributed by atoms with Gasteiger partial charge in [-0.2, -0.15) is 0 Å². The maximum absolute atomic E-state index is 5.19. The van der Waals surface area contributed by atoms with Gasteiger partial charge < -0.3 is 4.74 Å². The zero-order valence-corrected chi connectivity index (χ0v) is 9.37. The van der Waals surface area contributed by atoms with Gasteiger partial charge in [0.05, 0.1) is 12.6 Å². The Morgan fingerprint density at radius 2 is 2.07 bits per heavy atom. The van der Waals surface area contributed by atoms with Gasteiger partial charge >= 0.3 is 0 Å². The van der Waals surface area contributed by atoms with E-state index in [0.29, 0.717) is 0 Å². The Morgan fingerprint density at radius 1 is 1.27 bits per heavy atom. The molecule has 0 aliphatic rings. The molecule has 0 spiro atoms. The molecule has 1 aromatic heterocycles. The lowest BCUT2D eigenvalue weighted by atomic mass is 10.1. The van der Waals surface area contributed by atoms with E-state index in [4.69, 9.17) is 4.74 Å². The van der Waals surface area contributed by atoms with Gasteiger partial charge in [-0.25, -0.2) is 0 Å². The van der Waals surface area contributed by atoms with Crippen molar-refractivity contribution in [2.75, 3.05) is 7.11 Å². The van der Waals surface area contributed by atoms with E-state index < -0.39 is 0 Å². The van der Waals surface area contributed by atoms with Gasteiger partial charge in [0.25, 0.3) is 0 Å². The SMILES string of the molecule is CCc1nc2ccc(OC)cc2cc1C. The topological polar surface area (TPSA) is 22.1 Å². The molecule has 0 N–H and O–H groups in total. The number of ether oxygens (including phenoxy) is 1. The van der Waals surface area contributed by atoms with E-state index >= 15 is 0 Å². The van der Waals surface area contributed by atoms with E-state index in [-0.39, 0.29) is 0 Å². The fraction of sp³-hybridized carbons (Fsp3) is 0.308. The Morgan fingerprint density at radius 3 is 2.73 bits per heavy atom. The van der Waals surface area contributed by atoms with Crippen LogP contribution in [0.4, 0.5) is 0 Å². The van der Waals surface area contributed by atoms with Crippen LogP contribution in [0, 0.1) is 6.92 Å². The molecule has 0 atom stereocenters. The normalized spacial score (nSPS) is 10.6. The maximum Gasteiger partial charge on any atom is 0.119 e. The van der Waals surface area contributed by atoms with E-state index in [1.165, 1.54) is 11.3 Å². The number of aryl methyl sites for hydroxylation is 2. The minimum absolute atomic E-state index is 0.882. The highest BCUT2D eigenvalue weighted by Gasteiger charge is 2.02. The molecule has 2 nitrogen and oxygen atoms in total. The Balaban J connectivity index is 2.65. The van der Waals surface area contributed by atoms with Gasteiger partial charge in [0.2, 0.25) is 0 Å². The van der Waals surface area contributed by atoms with Crippen molar-refractivity contribution in [3.05, 3.63) is 35.5 Å². The van der Waals surface area contributed by atoms with Crippen LogP contribution in [0.15, 0.2) is 24.3 Å². The van der Waals surface area contributed by atoms with Crippen LogP contribution in [-0.2, 0) is 6.42 Å². The lowest BCUT2D eigenvalue weighted by molar-refractivity contribution is 0.415. The summed E-state index contributed by atoms with van der Waals surface area (Å²) in [6.07, 6.45) is 0.980. The molecular weight excluding hydrogens is 186 g/mol. The van der Waals surface area contributed by atoms with Crippen LogP contribution >= 0.6 is 0 Å². The molecule has 2 aromatic rings. The highest BCUT2D eigenvalue weighted by molar-refractivity contribution is 5.81. The van der Waals surface area contributed by atoms with Crippen LogP contribution in [0.2, 0.25) is 0 Å². The smallest absolute Gasteiger partial charge is 0.119 e. The van der Waals surface area contributed by atoms with Crippen LogP contribution in [0.3, 0.4) is 0 Å². The number of hydrogen-bond donors (Lipinski definition) is 0. The summed E-state index contributed by atoms with van der Waals surface area (Å²) in [5.41, 5.74) is 3.46. The number of aromatic nitrogens is 1. The first kappa shape index (κ1) is 9.97. The predicted octanol–water partition coefficient (Wildman–Crippen LogP) is 3.11. The Bertz CT molecular complexity index is 491. The predicted molar refractivity (Wildman–Crippen MR) is 62.4 cm³/mol. The first-order chi connectivity index (χ1) is 7.24. The number of pyridine rings is 1. The first-order valence-corrected chi connectivity index (χ1v) is 5.19. The molecule has 0 saturated carbocycles. The van der Waals surface area contributed by atoms with Gasteiger partial charge in [0.1, 0.15) is 5.75 Å². The second-order valence-electron chi connectivity index (χ2n) is 3.66. The van der Waals surface area contributed by atoms with Gasteiger partial charge in [-0.15, -0.1) is 0 Å². The summed E-state index contributed by atoms with van der Waals surface area (Å²) in [6, 6.07) is 8.15. The summed E-state index contributed by atoms with van der Waals surface area (Å²) >= 11 is 0. The number of rotatable bonds is 2. The standard InChI is InChI=1S/C13H15NO/c1-4-12-9(2)7-10-8-11(15-3)5-6-13(10)14-12/h5-8H,4H2,1-3H3. The van der Waals surface area contributed by atoms with E-state index in [9.17, 15) is 0 Å². The zero-order valence-electron chi connectivity index (χ0n) is 9.37. The third-order valence-electron chi connectivity index (χ3n) is 2.65. The third kappa shape index (κ3) is 1.80. The fourth-order valence-corrected chi connectivity index (χ4v) is 1.79. The summed E-state index contributed by atoms with van der Waals surface area (Å²) in [5.74, 6) is 0.882. The molecule has 0 bridgehead atoms. The lowest BCUT2D eigenvalue weighted by Crippen LogP contribution is -1.93. The summed E-state index contributed by atoms with van der Waals surface area (Å²) in [7, 11) is 1.68. The molecule has 15 heavy (non-hydrogen) atoms. The quantitative estimate of drug-likeness (QED) is 0.744. The van der Waals surface area contributed by atoms with Crippen LogP contribution in [0.25, 0.3) is 10.9 Å². The molecule has 2 rings (SSSR count). The van der Waals surface area contributed by atoms with Crippen molar-refractivity contribution < 1.29 is 4.74 Å². The van der Waals surface area contributed by atoms with Crippen molar-refractivity contribution in [2.45, 2.75) is 20.3 Å². The van der Waals surface area contributed by atoms with E-state index in [0.717, 1.165) is 23.1 Å². The maximum atomic E-state index is 5.19. The molecule has 2 heteroatoms. The molecular formula is C13H15NO. The van der Waals surface area contributed by atoms with Crippen LogP contribution < -0.4 is 4.74 Å². The Hall–Kier alpha value is -1.57. The van der Waals surface area contributed by atoms with E-state index in [1.54, 1.807) is 7.11 Å². The number of hydrogen-bond acceptors (Lipinski definition) is 2. The molecule has 0 amide bonds. The van der Waals surface area contributed by atoms with Crippen LogP contribution in [-0.4, -0.2) is 12.1 Å². The molecule has 78 valence electrons. The van der Waals surface area contributed by atoms with E-state index in [2.05, 4.69) is 24.9 Å². The number of methoxy groups -OCH3 is 1. The molecule has 0 aliphatic carbocycles. The third-order valence-corrected chi connectivity index (χ3v) is 2.65. The summed E-state index contributed by atoms with van der Waals surface area (Å²) in [4.78, 5) is 4.61. The highest BCUT2D eigenvalue weighted by atomic mass is 16.5. The first-order valence-electron chi connectivity index (χ1n) is 5.19. The molecule has 1 heterocycles. The zero-order chi connectivity index (χ0) is 10.8. The summed E-state index contributed by atoms with van der Waals surface area (Å²) in [5, 5.41) is 1.14. The monoisotopic (exact) mass is 201 g/mol. The van der Waals surface area contributed by atoms with Crippen molar-refractivity contribution in [3.63, 3.8) is 0 Å². The van der Waals surface area contributed by atoms with E-state index in [1.807, 2.05) is 18.2 Å². The molecule has 0 unspecified atom stereocenters. The molecule has 1 aromatic carbocycles. The van der Waals surface area contributed by atoms with Crippen LogP contribution in [0.5, 0.6) is 5.75 Å². The Kier molecular flexibility index (Phi) is 2.58. The average molecular weight is 201 g/mol. The highest BCUT2D eigenvalue weighted by Crippen LogP contribution is 2.21. The average Bonchev–Trinajstić information content (AvgIpc) is 2.27. The van der Waals surface area contributed by atoms with Crippen LogP contribution in [0.1, 0.15) is 18.2 Å². The summed E-state index contributed by atoms with van der Waals surface area (Å²) in [6.45, 7) is 4.23. The molecule has 0 aliphatic heterocycles. The largest absolute Gasteiger partial charge is 0.497 e. The van der Waals surface area contributed by atoms with Gasteiger partial charge in [-0.1, -0.05) is 6.92 Å². The van der Waals surface area contributed by atoms with Gasteiger partial charge in [0.15, 0.2) is 0 Å². The van der Waals surface area contributed by atoms with Gasteiger partial charge in [0, 0.05) is 11.1 Å². The van der Waals surface area contributed by atoms with Crippen molar-refractivity contribution in [3.8, 4) is 5.75 Å². The van der Waals surface area contributed by atoms with Crippen molar-refractivity contribution in [2.24, 2.45) is 0 Å². The van der Waals surface area contributed by atoms with Crippen molar-refractivity contribution in [1.29, 1.82) is 0 Å². The number of benzene rings is 1. The number of fused-ring (bicyclic) bond motifs is 1. The Labute approximate surface area is 89.9 Å². The van der Waals surface area contributed by atoms with Crippen molar-refractivity contribution >= 4 is 10.9 Å². The minimum Gasteiger partial charge on any atom is -0.497 e. The fourth-order valence-electron chi connectivity index (χ4n) is 1.79. The summed E-state index contributed by atoms with van der Waals surface area (Å²) < 4.78 is 5.19. The van der Waals surface area contributed by atoms with Gasteiger partial charge in [-0.3, -0.25) is 4.98 Å². The lowest BCUT2D eigenvalue weighted by Gasteiger charge is -2.06. The second-order valence-corrected chi connectivity index (χ2v) is 3.66. The number of nitrogens with zero attached hydrogens (tertiary/aromatic N) is 1. The minimum atomic E-state index is 0.882. The van der Waals surface area contributed by atoms with Crippen molar-refractivity contribution in [1.82, 2.24) is 4.98 Å². The molecule has 0 saturated heterocycles. The second kappa shape index (κ2) is 3.89.